The van der Waals surface area contributed by atoms with Crippen molar-refractivity contribution in [1.29, 1.82) is 0 Å². The summed E-state index contributed by atoms with van der Waals surface area (Å²) in [6.07, 6.45) is 3.71. The zero-order valence-corrected chi connectivity index (χ0v) is 12.4. The Bertz CT molecular complexity index is 372. The second kappa shape index (κ2) is 9.34. The summed E-state index contributed by atoms with van der Waals surface area (Å²) in [7, 11) is 0. The Hall–Kier alpha value is -1.70. The van der Waals surface area contributed by atoms with Gasteiger partial charge in [0.15, 0.2) is 0 Å². The average molecular weight is 244 g/mol. The van der Waals surface area contributed by atoms with Crippen molar-refractivity contribution in [2.24, 2.45) is 0 Å². The Labute approximate surface area is 111 Å². The fourth-order valence-electron chi connectivity index (χ4n) is 1.29. The van der Waals surface area contributed by atoms with Crippen LogP contribution in [0, 0.1) is 13.8 Å². The Morgan fingerprint density at radius 1 is 0.667 bits per heavy atom. The summed E-state index contributed by atoms with van der Waals surface area (Å²) >= 11 is 0. The molecule has 1 aromatic carbocycles. The number of rotatable bonds is 1. The molecule has 0 bridgehead atoms. The van der Waals surface area contributed by atoms with Crippen LogP contribution in [-0.4, -0.2) is 9.97 Å². The lowest BCUT2D eigenvalue weighted by Gasteiger charge is -2.01. The fourth-order valence-corrected chi connectivity index (χ4v) is 1.29. The molecule has 2 rings (SSSR count). The Kier molecular flexibility index (Phi) is 8.46. The minimum Gasteiger partial charge on any atom is -0.241 e. The molecule has 98 valence electrons. The van der Waals surface area contributed by atoms with Gasteiger partial charge in [-0.15, -0.1) is 0 Å². The second-order valence-corrected chi connectivity index (χ2v) is 3.38. The molecule has 0 atom stereocenters. The average Bonchev–Trinajstić information content (AvgIpc) is 2.45. The number of benzene rings is 1. The first-order valence-electron chi connectivity index (χ1n) is 6.61. The van der Waals surface area contributed by atoms with Gasteiger partial charge in [-0.25, -0.2) is 9.97 Å². The summed E-state index contributed by atoms with van der Waals surface area (Å²) in [5.41, 5.74) is 3.49. The predicted molar refractivity (Wildman–Crippen MR) is 79.6 cm³/mol. The van der Waals surface area contributed by atoms with Crippen LogP contribution in [0.2, 0.25) is 0 Å². The van der Waals surface area contributed by atoms with Gasteiger partial charge < -0.3 is 0 Å². The molecule has 0 radical (unpaired) electrons. The second-order valence-electron chi connectivity index (χ2n) is 3.38. The van der Waals surface area contributed by atoms with Gasteiger partial charge in [0.25, 0.3) is 0 Å². The van der Waals surface area contributed by atoms with E-state index in [2.05, 4.69) is 41.2 Å². The van der Waals surface area contributed by atoms with Gasteiger partial charge in [0, 0.05) is 18.0 Å². The van der Waals surface area contributed by atoms with Crippen LogP contribution < -0.4 is 0 Å². The molecule has 18 heavy (non-hydrogen) atoms. The van der Waals surface area contributed by atoms with Crippen LogP contribution in [0.5, 0.6) is 0 Å². The highest BCUT2D eigenvalue weighted by Crippen LogP contribution is 2.17. The van der Waals surface area contributed by atoms with Crippen molar-refractivity contribution in [2.75, 3.05) is 0 Å². The summed E-state index contributed by atoms with van der Waals surface area (Å²) in [5.74, 6) is 0.806. The molecule has 0 amide bonds. The lowest BCUT2D eigenvalue weighted by Crippen LogP contribution is -1.87. The maximum atomic E-state index is 4.17. The largest absolute Gasteiger partial charge is 0.241 e. The van der Waals surface area contributed by atoms with E-state index in [9.17, 15) is 0 Å². The van der Waals surface area contributed by atoms with Gasteiger partial charge in [-0.2, -0.15) is 0 Å². The summed E-state index contributed by atoms with van der Waals surface area (Å²) < 4.78 is 0. The van der Waals surface area contributed by atoms with Gasteiger partial charge in [0.1, 0.15) is 5.82 Å². The van der Waals surface area contributed by atoms with Gasteiger partial charge in [-0.05, 0) is 19.4 Å². The van der Waals surface area contributed by atoms with Gasteiger partial charge >= 0.3 is 0 Å². The van der Waals surface area contributed by atoms with Crippen LogP contribution in [0.3, 0.4) is 0 Å². The first-order chi connectivity index (χ1) is 8.75. The summed E-state index contributed by atoms with van der Waals surface area (Å²) in [4.78, 5) is 8.33. The molecule has 1 heterocycles. The molecule has 0 aliphatic heterocycles. The van der Waals surface area contributed by atoms with Crippen molar-refractivity contribution in [1.82, 2.24) is 9.97 Å². The van der Waals surface area contributed by atoms with Gasteiger partial charge in [-0.3, -0.25) is 0 Å². The molecule has 0 spiro atoms. The van der Waals surface area contributed by atoms with Crippen molar-refractivity contribution >= 4 is 0 Å². The molecule has 0 unspecified atom stereocenters. The molecule has 0 fully saturated rings. The molecule has 2 aromatic rings. The molecular weight excluding hydrogens is 220 g/mol. The van der Waals surface area contributed by atoms with E-state index >= 15 is 0 Å². The molecule has 0 N–H and O–H groups in total. The van der Waals surface area contributed by atoms with E-state index < -0.39 is 0 Å². The van der Waals surface area contributed by atoms with Crippen LogP contribution in [0.4, 0.5) is 0 Å². The van der Waals surface area contributed by atoms with E-state index in [4.69, 9.17) is 0 Å². The van der Waals surface area contributed by atoms with Crippen LogP contribution >= 0.6 is 0 Å². The van der Waals surface area contributed by atoms with Crippen molar-refractivity contribution in [2.45, 2.75) is 41.5 Å². The molecule has 0 aliphatic rings. The summed E-state index contributed by atoms with van der Waals surface area (Å²) in [6.45, 7) is 12.0. The van der Waals surface area contributed by atoms with Crippen molar-refractivity contribution in [3.05, 3.63) is 48.0 Å². The quantitative estimate of drug-likeness (QED) is 0.719. The smallest absolute Gasteiger partial charge is 0.125 e. The van der Waals surface area contributed by atoms with Crippen molar-refractivity contribution < 1.29 is 0 Å². The standard InChI is InChI=1S/C12H12N2.2C2H6/c1-9-3-5-11(6-4-9)12-7-13-10(2)14-8-12;2*1-2/h3-8H,1-2H3;2*1-2H3. The number of hydrogen-bond donors (Lipinski definition) is 0. The highest BCUT2D eigenvalue weighted by molar-refractivity contribution is 5.61. The predicted octanol–water partition coefficient (Wildman–Crippen LogP) is 4.81. The van der Waals surface area contributed by atoms with E-state index in [1.54, 1.807) is 0 Å². The highest BCUT2D eigenvalue weighted by Gasteiger charge is 1.97. The third-order valence-electron chi connectivity index (χ3n) is 2.17. The van der Waals surface area contributed by atoms with Crippen molar-refractivity contribution in [3.8, 4) is 11.1 Å². The number of aromatic nitrogens is 2. The highest BCUT2D eigenvalue weighted by atomic mass is 14.8. The Morgan fingerprint density at radius 2 is 1.11 bits per heavy atom. The SMILES string of the molecule is CC.CC.Cc1ccc(-c2cnc(C)nc2)cc1. The van der Waals surface area contributed by atoms with E-state index in [1.807, 2.05) is 47.0 Å². The zero-order chi connectivity index (χ0) is 14.0. The van der Waals surface area contributed by atoms with Crippen LogP contribution in [0.25, 0.3) is 11.1 Å². The van der Waals surface area contributed by atoms with Crippen LogP contribution in [0.1, 0.15) is 39.1 Å². The lowest BCUT2D eigenvalue weighted by atomic mass is 10.1. The van der Waals surface area contributed by atoms with E-state index in [1.165, 1.54) is 5.56 Å². The van der Waals surface area contributed by atoms with E-state index in [0.29, 0.717) is 0 Å². The Balaban J connectivity index is 0.000000659. The Morgan fingerprint density at radius 3 is 1.56 bits per heavy atom. The third-order valence-corrected chi connectivity index (χ3v) is 2.17. The first kappa shape index (κ1) is 16.3. The topological polar surface area (TPSA) is 25.8 Å². The van der Waals surface area contributed by atoms with Gasteiger partial charge in [0.05, 0.1) is 0 Å². The molecule has 2 heteroatoms. The number of nitrogens with zero attached hydrogens (tertiary/aromatic N) is 2. The molecule has 0 saturated heterocycles. The maximum absolute atomic E-state index is 4.17. The molecule has 0 aliphatic carbocycles. The monoisotopic (exact) mass is 244 g/mol. The summed E-state index contributed by atoms with van der Waals surface area (Å²) in [6, 6.07) is 8.36. The van der Waals surface area contributed by atoms with Crippen LogP contribution in [0.15, 0.2) is 36.7 Å². The maximum Gasteiger partial charge on any atom is 0.125 e. The zero-order valence-electron chi connectivity index (χ0n) is 12.4. The normalized spacial score (nSPS) is 8.56. The van der Waals surface area contributed by atoms with E-state index in [0.717, 1.165) is 17.0 Å². The molecule has 1 aromatic heterocycles. The molecule has 2 nitrogen and oxygen atoms in total. The number of hydrogen-bond acceptors (Lipinski definition) is 2. The molecule has 0 saturated carbocycles. The third kappa shape index (κ3) is 5.09. The minimum absolute atomic E-state index is 0.806. The number of aryl methyl sites for hydroxylation is 2. The fraction of sp³-hybridized carbons (Fsp3) is 0.375. The minimum atomic E-state index is 0.806. The lowest BCUT2D eigenvalue weighted by molar-refractivity contribution is 1.06. The van der Waals surface area contributed by atoms with Crippen LogP contribution in [-0.2, 0) is 0 Å². The van der Waals surface area contributed by atoms with E-state index in [-0.39, 0.29) is 0 Å². The first-order valence-corrected chi connectivity index (χ1v) is 6.61. The van der Waals surface area contributed by atoms with Gasteiger partial charge in [-0.1, -0.05) is 57.5 Å². The van der Waals surface area contributed by atoms with Gasteiger partial charge in [0.2, 0.25) is 0 Å². The molecular formula is C16H24N2. The van der Waals surface area contributed by atoms with Crippen molar-refractivity contribution in [3.63, 3.8) is 0 Å². The summed E-state index contributed by atoms with van der Waals surface area (Å²) in [5, 5.41) is 0.